The first-order chi connectivity index (χ1) is 26.2. The lowest BCUT2D eigenvalue weighted by molar-refractivity contribution is 0.670. The second-order valence-corrected chi connectivity index (χ2v) is 13.2. The van der Waals surface area contributed by atoms with Gasteiger partial charge in [0, 0.05) is 33.0 Å². The van der Waals surface area contributed by atoms with Crippen LogP contribution in [0.2, 0.25) is 0 Å². The van der Waals surface area contributed by atoms with E-state index in [0.29, 0.717) is 17.5 Å². The van der Waals surface area contributed by atoms with E-state index in [0.717, 1.165) is 66.4 Å². The molecule has 0 fully saturated rings. The van der Waals surface area contributed by atoms with E-state index in [4.69, 9.17) is 19.4 Å². The minimum atomic E-state index is 0.597. The number of para-hydroxylation sites is 2. The summed E-state index contributed by atoms with van der Waals surface area (Å²) < 4.78 is 6.48. The van der Waals surface area contributed by atoms with Crippen LogP contribution < -0.4 is 0 Å². The average molecular weight is 678 g/mol. The Kier molecular flexibility index (Phi) is 7.43. The molecule has 0 unspecified atom stereocenters. The van der Waals surface area contributed by atoms with Crippen molar-refractivity contribution in [2.24, 2.45) is 0 Å². The number of fused-ring (bicyclic) bond motifs is 4. The van der Waals surface area contributed by atoms with Gasteiger partial charge in [-0.2, -0.15) is 0 Å². The normalized spacial score (nSPS) is 11.4. The summed E-state index contributed by atoms with van der Waals surface area (Å²) >= 11 is 0. The third-order valence-electron chi connectivity index (χ3n) is 9.97. The highest BCUT2D eigenvalue weighted by Crippen LogP contribution is 2.40. The molecule has 0 amide bonds. The molecule has 10 aromatic rings. The molecule has 4 heteroatoms. The monoisotopic (exact) mass is 677 g/mol. The van der Waals surface area contributed by atoms with Crippen molar-refractivity contribution in [1.82, 2.24) is 15.0 Å². The number of nitrogens with zero attached hydrogens (tertiary/aromatic N) is 3. The molecule has 10 rings (SSSR count). The van der Waals surface area contributed by atoms with Gasteiger partial charge in [0.1, 0.15) is 11.2 Å². The number of furan rings is 1. The molecule has 0 radical (unpaired) electrons. The van der Waals surface area contributed by atoms with Crippen LogP contribution in [0, 0.1) is 0 Å². The highest BCUT2D eigenvalue weighted by Gasteiger charge is 2.19. The number of aromatic nitrogens is 3. The largest absolute Gasteiger partial charge is 0.455 e. The summed E-state index contributed by atoms with van der Waals surface area (Å²) in [5.41, 5.74) is 11.0. The molecule has 0 aliphatic heterocycles. The van der Waals surface area contributed by atoms with Gasteiger partial charge in [-0.15, -0.1) is 0 Å². The van der Waals surface area contributed by atoms with Crippen LogP contribution in [0.1, 0.15) is 0 Å². The first-order valence-electron chi connectivity index (χ1n) is 17.8. The molecule has 0 saturated heterocycles. The zero-order chi connectivity index (χ0) is 35.1. The second-order valence-electron chi connectivity index (χ2n) is 13.2. The molecule has 53 heavy (non-hydrogen) atoms. The molecule has 0 aliphatic rings. The van der Waals surface area contributed by atoms with Crippen LogP contribution >= 0.6 is 0 Å². The van der Waals surface area contributed by atoms with Gasteiger partial charge < -0.3 is 4.42 Å². The van der Waals surface area contributed by atoms with Gasteiger partial charge in [-0.05, 0) is 50.7 Å². The van der Waals surface area contributed by atoms with Gasteiger partial charge in [0.25, 0.3) is 0 Å². The predicted molar refractivity (Wildman–Crippen MR) is 217 cm³/mol. The Morgan fingerprint density at radius 3 is 1.57 bits per heavy atom. The van der Waals surface area contributed by atoms with Crippen molar-refractivity contribution >= 4 is 32.7 Å². The van der Waals surface area contributed by atoms with E-state index in [9.17, 15) is 0 Å². The van der Waals surface area contributed by atoms with Gasteiger partial charge in [0.15, 0.2) is 17.5 Å². The molecule has 0 bridgehead atoms. The zero-order valence-corrected chi connectivity index (χ0v) is 28.6. The summed E-state index contributed by atoms with van der Waals surface area (Å²) in [4.78, 5) is 15.4. The smallest absolute Gasteiger partial charge is 0.164 e. The van der Waals surface area contributed by atoms with Crippen LogP contribution in [0.15, 0.2) is 192 Å². The van der Waals surface area contributed by atoms with Gasteiger partial charge in [-0.1, -0.05) is 176 Å². The van der Waals surface area contributed by atoms with E-state index in [-0.39, 0.29) is 0 Å². The first-order valence-corrected chi connectivity index (χ1v) is 17.8. The third kappa shape index (κ3) is 5.63. The molecular weight excluding hydrogens is 647 g/mol. The molecule has 4 nitrogen and oxygen atoms in total. The van der Waals surface area contributed by atoms with E-state index >= 15 is 0 Å². The van der Waals surface area contributed by atoms with E-state index in [1.807, 2.05) is 30.3 Å². The summed E-state index contributed by atoms with van der Waals surface area (Å²) in [6, 6.07) is 65.2. The van der Waals surface area contributed by atoms with Crippen LogP contribution in [0.5, 0.6) is 0 Å². The first kappa shape index (κ1) is 30.6. The van der Waals surface area contributed by atoms with Crippen LogP contribution in [0.3, 0.4) is 0 Å². The van der Waals surface area contributed by atoms with Crippen molar-refractivity contribution in [3.05, 3.63) is 188 Å². The van der Waals surface area contributed by atoms with Crippen molar-refractivity contribution in [2.75, 3.05) is 0 Å². The lowest BCUT2D eigenvalue weighted by Gasteiger charge is -2.13. The topological polar surface area (TPSA) is 51.8 Å². The molecule has 8 aromatic carbocycles. The highest BCUT2D eigenvalue weighted by molar-refractivity contribution is 6.10. The minimum absolute atomic E-state index is 0.597. The fourth-order valence-corrected chi connectivity index (χ4v) is 7.25. The minimum Gasteiger partial charge on any atom is -0.455 e. The highest BCUT2D eigenvalue weighted by atomic mass is 16.3. The summed E-state index contributed by atoms with van der Waals surface area (Å²) in [6.45, 7) is 0. The van der Waals surface area contributed by atoms with Gasteiger partial charge in [-0.3, -0.25) is 0 Å². The lowest BCUT2D eigenvalue weighted by atomic mass is 9.97. The molecule has 0 aliphatic carbocycles. The summed E-state index contributed by atoms with van der Waals surface area (Å²) in [5, 5.41) is 4.62. The summed E-state index contributed by atoms with van der Waals surface area (Å²) in [5.74, 6) is 1.82. The average Bonchev–Trinajstić information content (AvgIpc) is 3.63. The Balaban J connectivity index is 1.11. The van der Waals surface area contributed by atoms with Crippen LogP contribution in [0.4, 0.5) is 0 Å². The Bertz CT molecular complexity index is 2930. The summed E-state index contributed by atoms with van der Waals surface area (Å²) in [6.07, 6.45) is 0. The Labute approximate surface area is 306 Å². The second kappa shape index (κ2) is 12.9. The van der Waals surface area contributed by atoms with Crippen molar-refractivity contribution in [1.29, 1.82) is 0 Å². The van der Waals surface area contributed by atoms with Crippen LogP contribution in [-0.4, -0.2) is 15.0 Å². The number of rotatable bonds is 6. The molecule has 0 atom stereocenters. The van der Waals surface area contributed by atoms with Crippen molar-refractivity contribution in [3.63, 3.8) is 0 Å². The maximum atomic E-state index is 6.48. The van der Waals surface area contributed by atoms with E-state index < -0.39 is 0 Å². The Hall–Kier alpha value is -7.17. The molecule has 2 aromatic heterocycles. The fourth-order valence-electron chi connectivity index (χ4n) is 7.25. The maximum Gasteiger partial charge on any atom is 0.164 e. The third-order valence-corrected chi connectivity index (χ3v) is 9.97. The molecular formula is C49H31N3O. The van der Waals surface area contributed by atoms with E-state index in [1.165, 1.54) is 16.3 Å². The van der Waals surface area contributed by atoms with Gasteiger partial charge in [-0.25, -0.2) is 15.0 Å². The quantitative estimate of drug-likeness (QED) is 0.176. The maximum absolute atomic E-state index is 6.48. The number of hydrogen-bond acceptors (Lipinski definition) is 4. The van der Waals surface area contributed by atoms with Crippen molar-refractivity contribution < 1.29 is 4.42 Å². The molecule has 2 heterocycles. The van der Waals surface area contributed by atoms with Gasteiger partial charge in [0.2, 0.25) is 0 Å². The molecule has 0 N–H and O–H groups in total. The van der Waals surface area contributed by atoms with E-state index in [2.05, 4.69) is 158 Å². The van der Waals surface area contributed by atoms with Crippen molar-refractivity contribution in [2.45, 2.75) is 0 Å². The van der Waals surface area contributed by atoms with Crippen molar-refractivity contribution in [3.8, 4) is 67.5 Å². The Morgan fingerprint density at radius 1 is 0.302 bits per heavy atom. The van der Waals surface area contributed by atoms with Crippen LogP contribution in [0.25, 0.3) is 100 Å². The summed E-state index contributed by atoms with van der Waals surface area (Å²) in [7, 11) is 0. The molecule has 248 valence electrons. The van der Waals surface area contributed by atoms with Crippen LogP contribution in [-0.2, 0) is 0 Å². The SMILES string of the molecule is c1ccc(-c2ccc(-c3nc(-c4ccc(-c5ccc6ccccc6c5)cc4)nc(-c4ccccc4-c4cccc5c4oc4ccccc45)n3)cc2)cc1. The fraction of sp³-hybridized carbons (Fsp3) is 0. The molecule has 0 spiro atoms. The Morgan fingerprint density at radius 2 is 0.811 bits per heavy atom. The molecule has 0 saturated carbocycles. The zero-order valence-electron chi connectivity index (χ0n) is 28.6. The van der Waals surface area contributed by atoms with E-state index in [1.54, 1.807) is 0 Å². The standard InChI is InChI=1S/C49H31N3O/c1-2-11-32(12-3-1)34-21-26-36(27-22-34)47-50-48(37-28-23-35(24-29-37)39-30-25-33-13-4-5-14-38(33)31-39)52-49(51-47)44-17-7-6-15-40(44)42-18-10-19-43-41-16-8-9-20-45(41)53-46(42)43/h1-31H. The van der Waals surface area contributed by atoms with Gasteiger partial charge >= 0.3 is 0 Å². The lowest BCUT2D eigenvalue weighted by Crippen LogP contribution is -2.01. The predicted octanol–water partition coefficient (Wildman–Crippen LogP) is 12.9. The van der Waals surface area contributed by atoms with Gasteiger partial charge in [0.05, 0.1) is 0 Å². The number of hydrogen-bond donors (Lipinski definition) is 0. The number of benzene rings is 8.